The lowest BCUT2D eigenvalue weighted by Gasteiger charge is -2.56. The van der Waals surface area contributed by atoms with Gasteiger partial charge in [-0.25, -0.2) is 0 Å². The monoisotopic (exact) mass is 292 g/mol. The van der Waals surface area contributed by atoms with E-state index in [1.165, 1.54) is 90.1 Å². The van der Waals surface area contributed by atoms with Crippen LogP contribution in [0.25, 0.3) is 0 Å². The maximum atomic E-state index is 4.01. The molecule has 1 saturated heterocycles. The van der Waals surface area contributed by atoms with Gasteiger partial charge in [-0.15, -0.1) is 0 Å². The van der Waals surface area contributed by atoms with Gasteiger partial charge in [0, 0.05) is 30.2 Å². The van der Waals surface area contributed by atoms with Crippen LogP contribution < -0.4 is 5.32 Å². The lowest BCUT2D eigenvalue weighted by Crippen LogP contribution is -2.70. The molecule has 1 aliphatic heterocycles. The molecule has 0 atom stereocenters. The summed E-state index contributed by atoms with van der Waals surface area (Å²) in [6.07, 6.45) is 17.2. The molecule has 0 bridgehead atoms. The van der Waals surface area contributed by atoms with Gasteiger partial charge in [-0.1, -0.05) is 52.4 Å². The fourth-order valence-electron chi connectivity index (χ4n) is 5.31. The van der Waals surface area contributed by atoms with E-state index in [1.54, 1.807) is 0 Å². The molecule has 0 aromatic heterocycles. The topological polar surface area (TPSA) is 15.3 Å². The minimum atomic E-state index is 0.389. The Hall–Kier alpha value is -0.0800. The summed E-state index contributed by atoms with van der Waals surface area (Å²) in [7, 11) is 0. The number of rotatable bonds is 3. The average Bonchev–Trinajstić information content (AvgIpc) is 2.83. The summed E-state index contributed by atoms with van der Waals surface area (Å²) < 4.78 is 0. The zero-order valence-electron chi connectivity index (χ0n) is 14.4. The third-order valence-electron chi connectivity index (χ3n) is 7.03. The van der Waals surface area contributed by atoms with E-state index >= 15 is 0 Å². The van der Waals surface area contributed by atoms with Crippen LogP contribution in [0.4, 0.5) is 0 Å². The van der Waals surface area contributed by atoms with Crippen molar-refractivity contribution in [3.63, 3.8) is 0 Å². The number of nitrogens with one attached hydrogen (secondary N) is 1. The first-order chi connectivity index (χ1) is 10.2. The first-order valence-electron chi connectivity index (χ1n) is 9.75. The molecule has 2 nitrogen and oxygen atoms in total. The zero-order chi connectivity index (χ0) is 14.8. The van der Waals surface area contributed by atoms with E-state index in [0.717, 1.165) is 6.04 Å². The fraction of sp³-hybridized carbons (Fsp3) is 1.00. The molecule has 3 rings (SSSR count). The van der Waals surface area contributed by atoms with Crippen LogP contribution in [0.2, 0.25) is 0 Å². The summed E-state index contributed by atoms with van der Waals surface area (Å²) >= 11 is 0. The molecule has 3 aliphatic rings. The van der Waals surface area contributed by atoms with Gasteiger partial charge in [0.15, 0.2) is 0 Å². The second-order valence-electron chi connectivity index (χ2n) is 8.05. The first-order valence-corrected chi connectivity index (χ1v) is 9.75. The van der Waals surface area contributed by atoms with Crippen LogP contribution >= 0.6 is 0 Å². The molecule has 2 saturated carbocycles. The molecule has 122 valence electrons. The molecule has 0 aromatic carbocycles. The van der Waals surface area contributed by atoms with Crippen molar-refractivity contribution in [2.75, 3.05) is 13.1 Å². The second-order valence-corrected chi connectivity index (χ2v) is 8.05. The highest BCUT2D eigenvalue weighted by Crippen LogP contribution is 2.42. The van der Waals surface area contributed by atoms with E-state index in [0.29, 0.717) is 11.1 Å². The van der Waals surface area contributed by atoms with Crippen molar-refractivity contribution in [3.05, 3.63) is 0 Å². The van der Waals surface area contributed by atoms with E-state index in [4.69, 9.17) is 0 Å². The Morgan fingerprint density at radius 2 is 1.52 bits per heavy atom. The second kappa shape index (κ2) is 6.58. The first kappa shape index (κ1) is 15.8. The summed E-state index contributed by atoms with van der Waals surface area (Å²) in [6, 6.07) is 0.880. The van der Waals surface area contributed by atoms with E-state index < -0.39 is 0 Å². The highest BCUT2D eigenvalue weighted by atomic mass is 15.3. The van der Waals surface area contributed by atoms with Crippen LogP contribution in [0.5, 0.6) is 0 Å². The molecule has 1 spiro atoms. The van der Waals surface area contributed by atoms with Crippen LogP contribution in [0.15, 0.2) is 0 Å². The highest BCUT2D eigenvalue weighted by molar-refractivity contribution is 5.08. The molecule has 1 heterocycles. The molecule has 0 radical (unpaired) electrons. The van der Waals surface area contributed by atoms with Gasteiger partial charge in [0.1, 0.15) is 0 Å². The Morgan fingerprint density at radius 1 is 0.905 bits per heavy atom. The van der Waals surface area contributed by atoms with Crippen LogP contribution in [0.3, 0.4) is 0 Å². The summed E-state index contributed by atoms with van der Waals surface area (Å²) in [5.74, 6) is 0. The lowest BCUT2D eigenvalue weighted by molar-refractivity contribution is -0.0315. The van der Waals surface area contributed by atoms with Crippen molar-refractivity contribution in [3.8, 4) is 0 Å². The van der Waals surface area contributed by atoms with Crippen LogP contribution in [0, 0.1) is 0 Å². The largest absolute Gasteiger partial charge is 0.308 e. The predicted octanol–water partition coefficient (Wildman–Crippen LogP) is 4.49. The van der Waals surface area contributed by atoms with Gasteiger partial charge < -0.3 is 5.32 Å². The molecular formula is C19H36N2. The standard InChI is InChI=1S/C19H36N2/c1-3-18(4-2)16-21(17-11-7-5-6-8-12-17)19(15-20-18)13-9-10-14-19/h17,20H,3-16H2,1-2H3. The molecule has 0 unspecified atom stereocenters. The van der Waals surface area contributed by atoms with Crippen LogP contribution in [-0.2, 0) is 0 Å². The molecule has 0 aromatic rings. The van der Waals surface area contributed by atoms with Crippen molar-refractivity contribution in [1.29, 1.82) is 0 Å². The van der Waals surface area contributed by atoms with Gasteiger partial charge in [-0.2, -0.15) is 0 Å². The molecular weight excluding hydrogens is 256 g/mol. The van der Waals surface area contributed by atoms with Crippen molar-refractivity contribution in [2.45, 2.75) is 108 Å². The van der Waals surface area contributed by atoms with Crippen molar-refractivity contribution < 1.29 is 0 Å². The molecule has 21 heavy (non-hydrogen) atoms. The Kier molecular flexibility index (Phi) is 4.95. The third kappa shape index (κ3) is 3.03. The minimum absolute atomic E-state index is 0.389. The van der Waals surface area contributed by atoms with Gasteiger partial charge in [0.2, 0.25) is 0 Å². The summed E-state index contributed by atoms with van der Waals surface area (Å²) in [4.78, 5) is 3.04. The normalized spacial score (nSPS) is 30.6. The van der Waals surface area contributed by atoms with E-state index in [9.17, 15) is 0 Å². The molecule has 2 aliphatic carbocycles. The third-order valence-corrected chi connectivity index (χ3v) is 7.03. The van der Waals surface area contributed by atoms with E-state index in [2.05, 4.69) is 24.1 Å². The zero-order valence-corrected chi connectivity index (χ0v) is 14.4. The molecule has 3 fully saturated rings. The Balaban J connectivity index is 1.82. The maximum absolute atomic E-state index is 4.01. The Bertz CT molecular complexity index is 320. The summed E-state index contributed by atoms with van der Waals surface area (Å²) in [5.41, 5.74) is 0.906. The SMILES string of the molecule is CCC1(CC)CN(C2CCCCCC2)C2(CCCC2)CN1. The van der Waals surface area contributed by atoms with Crippen molar-refractivity contribution in [1.82, 2.24) is 10.2 Å². The summed E-state index contributed by atoms with van der Waals surface area (Å²) in [6.45, 7) is 7.33. The van der Waals surface area contributed by atoms with Gasteiger partial charge in [-0.05, 0) is 38.5 Å². The number of piperazine rings is 1. The molecule has 2 heteroatoms. The summed E-state index contributed by atoms with van der Waals surface area (Å²) in [5, 5.41) is 4.01. The fourth-order valence-corrected chi connectivity index (χ4v) is 5.31. The quantitative estimate of drug-likeness (QED) is 0.771. The minimum Gasteiger partial charge on any atom is -0.308 e. The predicted molar refractivity (Wildman–Crippen MR) is 90.7 cm³/mol. The molecule has 0 amide bonds. The Labute approximate surface area is 132 Å². The van der Waals surface area contributed by atoms with Gasteiger partial charge in [0.25, 0.3) is 0 Å². The van der Waals surface area contributed by atoms with Gasteiger partial charge >= 0.3 is 0 Å². The van der Waals surface area contributed by atoms with Gasteiger partial charge in [-0.3, -0.25) is 4.90 Å². The highest BCUT2D eigenvalue weighted by Gasteiger charge is 2.49. The lowest BCUT2D eigenvalue weighted by atomic mass is 9.80. The van der Waals surface area contributed by atoms with Crippen LogP contribution in [0.1, 0.15) is 90.9 Å². The molecule has 1 N–H and O–H groups in total. The number of hydrogen-bond donors (Lipinski definition) is 1. The van der Waals surface area contributed by atoms with E-state index in [-0.39, 0.29) is 0 Å². The van der Waals surface area contributed by atoms with Crippen molar-refractivity contribution in [2.24, 2.45) is 0 Å². The smallest absolute Gasteiger partial charge is 0.0337 e. The van der Waals surface area contributed by atoms with Crippen LogP contribution in [-0.4, -0.2) is 35.1 Å². The van der Waals surface area contributed by atoms with Gasteiger partial charge in [0.05, 0.1) is 0 Å². The van der Waals surface area contributed by atoms with Crippen molar-refractivity contribution >= 4 is 0 Å². The number of nitrogens with zero attached hydrogens (tertiary/aromatic N) is 1. The maximum Gasteiger partial charge on any atom is 0.0337 e. The Morgan fingerprint density at radius 3 is 2.10 bits per heavy atom. The van der Waals surface area contributed by atoms with E-state index in [1.807, 2.05) is 0 Å². The number of hydrogen-bond acceptors (Lipinski definition) is 2. The average molecular weight is 293 g/mol.